The highest BCUT2D eigenvalue weighted by atomic mass is 16.6. The molecule has 11 nitrogen and oxygen atoms in total. The van der Waals surface area contributed by atoms with Crippen LogP contribution in [0.25, 0.3) is 0 Å². The summed E-state index contributed by atoms with van der Waals surface area (Å²) < 4.78 is 5.97. The van der Waals surface area contributed by atoms with Gasteiger partial charge in [0.15, 0.2) is 6.10 Å². The third kappa shape index (κ3) is 7.10. The number of rotatable bonds is 6. The van der Waals surface area contributed by atoms with Crippen LogP contribution in [0.2, 0.25) is 0 Å². The number of hydrogen-bond acceptors (Lipinski definition) is 7. The zero-order valence-corrected chi connectivity index (χ0v) is 25.3. The van der Waals surface area contributed by atoms with E-state index in [0.29, 0.717) is 51.6 Å². The number of carbonyl (C=O) groups excluding carboxylic acids is 3. The molecule has 4 aliphatic heterocycles. The average molecular weight is 605 g/mol. The lowest BCUT2D eigenvalue weighted by Crippen LogP contribution is -2.56. The predicted molar refractivity (Wildman–Crippen MR) is 167 cm³/mol. The van der Waals surface area contributed by atoms with Crippen molar-refractivity contribution in [1.29, 1.82) is 0 Å². The minimum absolute atomic E-state index is 0.0269. The number of nitrogens with zero attached hydrogens (tertiary/aromatic N) is 4. The molecule has 236 valence electrons. The van der Waals surface area contributed by atoms with E-state index in [1.165, 1.54) is 0 Å². The van der Waals surface area contributed by atoms with Crippen LogP contribution >= 0.6 is 0 Å². The van der Waals surface area contributed by atoms with E-state index >= 15 is 0 Å². The van der Waals surface area contributed by atoms with Gasteiger partial charge in [-0.15, -0.1) is 0 Å². The molecule has 3 N–H and O–H groups in total. The van der Waals surface area contributed by atoms with E-state index in [4.69, 9.17) is 4.74 Å². The maximum Gasteiger partial charge on any atom is 0.410 e. The second-order valence-electron chi connectivity index (χ2n) is 12.3. The summed E-state index contributed by atoms with van der Waals surface area (Å²) in [4.78, 5) is 48.1. The lowest BCUT2D eigenvalue weighted by Gasteiger charge is -2.41. The predicted octanol–water partition coefficient (Wildman–Crippen LogP) is 2.89. The number of carbonyl (C=O) groups is 3. The standard InChI is InChI=1S/C33H44N6O5/c40-28-7-5-24(6-8-28)23-30(31(41)37-21-19-36(20-22-37)26-9-14-34-15-10-26)44-33(43)38-16-12-27(13-17-38)39-18-11-25-3-1-2-4-29(25)35-32(39)42/h1-8,26-27,30,34,40H,9-23H2,(H,35,42). The van der Waals surface area contributed by atoms with E-state index in [0.717, 1.165) is 62.3 Å². The Kier molecular flexibility index (Phi) is 9.51. The summed E-state index contributed by atoms with van der Waals surface area (Å²) in [6, 6.07) is 15.0. The Labute approximate surface area is 259 Å². The smallest absolute Gasteiger partial charge is 0.410 e. The van der Waals surface area contributed by atoms with Gasteiger partial charge in [-0.3, -0.25) is 9.69 Å². The summed E-state index contributed by atoms with van der Waals surface area (Å²) in [6.45, 7) is 6.46. The first-order valence-corrected chi connectivity index (χ1v) is 16.1. The van der Waals surface area contributed by atoms with Crippen molar-refractivity contribution in [3.8, 4) is 5.75 Å². The van der Waals surface area contributed by atoms with Gasteiger partial charge in [-0.05, 0) is 74.5 Å². The number of piperidine rings is 2. The van der Waals surface area contributed by atoms with Crippen molar-refractivity contribution in [2.45, 2.75) is 56.7 Å². The number of phenolic OH excluding ortho intramolecular Hbond substituents is 1. The molecule has 3 saturated heterocycles. The molecule has 4 heterocycles. The van der Waals surface area contributed by atoms with Gasteiger partial charge in [0, 0.05) is 70.0 Å². The Balaban J connectivity index is 1.06. The van der Waals surface area contributed by atoms with Crippen LogP contribution in [0.5, 0.6) is 5.75 Å². The van der Waals surface area contributed by atoms with Gasteiger partial charge in [0.25, 0.3) is 5.91 Å². The minimum Gasteiger partial charge on any atom is -0.508 e. The van der Waals surface area contributed by atoms with Crippen molar-refractivity contribution in [1.82, 2.24) is 24.9 Å². The fraction of sp³-hybridized carbons (Fsp3) is 0.545. The lowest BCUT2D eigenvalue weighted by molar-refractivity contribution is -0.143. The first-order chi connectivity index (χ1) is 21.4. The topological polar surface area (TPSA) is 118 Å². The summed E-state index contributed by atoms with van der Waals surface area (Å²) >= 11 is 0. The maximum absolute atomic E-state index is 13.8. The number of fused-ring (bicyclic) bond motifs is 1. The fourth-order valence-corrected chi connectivity index (χ4v) is 7.00. The Bertz CT molecular complexity index is 1300. The highest BCUT2D eigenvalue weighted by molar-refractivity contribution is 5.91. The largest absolute Gasteiger partial charge is 0.508 e. The highest BCUT2D eigenvalue weighted by Crippen LogP contribution is 2.25. The van der Waals surface area contributed by atoms with Gasteiger partial charge < -0.3 is 35.2 Å². The lowest BCUT2D eigenvalue weighted by atomic mass is 10.0. The summed E-state index contributed by atoms with van der Waals surface area (Å²) in [5, 5.41) is 16.2. The van der Waals surface area contributed by atoms with Gasteiger partial charge in [-0.2, -0.15) is 0 Å². The number of hydrogen-bond donors (Lipinski definition) is 3. The van der Waals surface area contributed by atoms with Crippen LogP contribution in [-0.2, 0) is 22.4 Å². The van der Waals surface area contributed by atoms with E-state index in [-0.39, 0.29) is 30.2 Å². The Morgan fingerprint density at radius 1 is 0.841 bits per heavy atom. The monoisotopic (exact) mass is 604 g/mol. The zero-order chi connectivity index (χ0) is 30.5. The number of likely N-dealkylation sites (tertiary alicyclic amines) is 1. The molecule has 4 aliphatic rings. The van der Waals surface area contributed by atoms with Crippen molar-refractivity contribution in [3.05, 3.63) is 59.7 Å². The molecule has 0 aliphatic carbocycles. The molecule has 1 atom stereocenters. The van der Waals surface area contributed by atoms with Gasteiger partial charge in [-0.1, -0.05) is 30.3 Å². The normalized spacial score (nSPS) is 21.3. The quantitative estimate of drug-likeness (QED) is 0.464. The van der Waals surface area contributed by atoms with Crippen molar-refractivity contribution in [3.63, 3.8) is 0 Å². The number of nitrogens with one attached hydrogen (secondary N) is 2. The molecule has 2 aromatic carbocycles. The SMILES string of the molecule is O=C(OC(Cc1ccc(O)cc1)C(=O)N1CCN(C2CCNCC2)CC1)N1CCC(N2CCc3ccccc3NC2=O)CC1. The third-order valence-electron chi connectivity index (χ3n) is 9.63. The van der Waals surface area contributed by atoms with Gasteiger partial charge in [0.05, 0.1) is 0 Å². The van der Waals surface area contributed by atoms with Crippen LogP contribution in [-0.4, -0.2) is 120 Å². The Morgan fingerprint density at radius 2 is 1.55 bits per heavy atom. The maximum atomic E-state index is 13.8. The highest BCUT2D eigenvalue weighted by Gasteiger charge is 2.36. The van der Waals surface area contributed by atoms with Crippen LogP contribution in [0, 0.1) is 0 Å². The summed E-state index contributed by atoms with van der Waals surface area (Å²) in [7, 11) is 0. The first-order valence-electron chi connectivity index (χ1n) is 16.1. The number of ether oxygens (including phenoxy) is 1. The molecule has 44 heavy (non-hydrogen) atoms. The Morgan fingerprint density at radius 3 is 2.27 bits per heavy atom. The number of aromatic hydroxyl groups is 1. The van der Waals surface area contributed by atoms with E-state index in [9.17, 15) is 19.5 Å². The molecule has 0 radical (unpaired) electrons. The molecule has 3 fully saturated rings. The fourth-order valence-electron chi connectivity index (χ4n) is 7.00. The number of phenols is 1. The molecular formula is C33H44N6O5. The van der Waals surface area contributed by atoms with E-state index < -0.39 is 12.2 Å². The first kappa shape index (κ1) is 30.2. The number of amides is 4. The van der Waals surface area contributed by atoms with Crippen molar-refractivity contribution >= 4 is 23.7 Å². The van der Waals surface area contributed by atoms with E-state index in [2.05, 4.69) is 15.5 Å². The Hall–Kier alpha value is -3.83. The van der Waals surface area contributed by atoms with Crippen LogP contribution in [0.3, 0.4) is 0 Å². The molecule has 6 rings (SSSR count). The van der Waals surface area contributed by atoms with Gasteiger partial charge in [0.2, 0.25) is 0 Å². The molecule has 0 bridgehead atoms. The summed E-state index contributed by atoms with van der Waals surface area (Å²) in [5.41, 5.74) is 2.80. The van der Waals surface area contributed by atoms with Crippen LogP contribution in [0.1, 0.15) is 36.8 Å². The van der Waals surface area contributed by atoms with Crippen molar-refractivity contribution < 1.29 is 24.2 Å². The van der Waals surface area contributed by atoms with Crippen LogP contribution < -0.4 is 10.6 Å². The average Bonchev–Trinajstić information content (AvgIpc) is 3.23. The van der Waals surface area contributed by atoms with Crippen LogP contribution in [0.4, 0.5) is 15.3 Å². The summed E-state index contributed by atoms with van der Waals surface area (Å²) in [6.07, 6.45) is 3.12. The van der Waals surface area contributed by atoms with E-state index in [1.54, 1.807) is 29.2 Å². The van der Waals surface area contributed by atoms with Gasteiger partial charge in [0.1, 0.15) is 5.75 Å². The van der Waals surface area contributed by atoms with Gasteiger partial charge >= 0.3 is 12.1 Å². The number of urea groups is 1. The van der Waals surface area contributed by atoms with Gasteiger partial charge in [-0.25, -0.2) is 9.59 Å². The molecular weight excluding hydrogens is 560 g/mol. The number of anilines is 1. The molecule has 0 spiro atoms. The second kappa shape index (κ2) is 13.9. The molecule has 11 heteroatoms. The number of piperazine rings is 1. The third-order valence-corrected chi connectivity index (χ3v) is 9.63. The summed E-state index contributed by atoms with van der Waals surface area (Å²) in [5.74, 6) is -0.0282. The molecule has 2 aromatic rings. The molecule has 4 amide bonds. The van der Waals surface area contributed by atoms with Crippen molar-refractivity contribution in [2.24, 2.45) is 0 Å². The van der Waals surface area contributed by atoms with E-state index in [1.807, 2.05) is 34.1 Å². The second-order valence-corrected chi connectivity index (χ2v) is 12.3. The number of benzene rings is 2. The molecule has 0 aromatic heterocycles. The van der Waals surface area contributed by atoms with Crippen LogP contribution in [0.15, 0.2) is 48.5 Å². The molecule has 0 saturated carbocycles. The molecule has 1 unspecified atom stereocenters. The minimum atomic E-state index is -0.954. The van der Waals surface area contributed by atoms with Crippen molar-refractivity contribution in [2.75, 3.05) is 64.2 Å². The zero-order valence-electron chi connectivity index (χ0n) is 25.3. The number of para-hydroxylation sites is 1.